The average Bonchev–Trinajstić information content (AvgIpc) is 3.08. The number of alkyl halides is 3. The van der Waals surface area contributed by atoms with E-state index in [2.05, 4.69) is 4.90 Å². The fourth-order valence-corrected chi connectivity index (χ4v) is 3.37. The smallest absolute Gasteiger partial charge is 0.394 e. The molecule has 2 aliphatic heterocycles. The van der Waals surface area contributed by atoms with E-state index in [9.17, 15) is 22.8 Å². The second-order valence-electron chi connectivity index (χ2n) is 6.45. The van der Waals surface area contributed by atoms with Gasteiger partial charge in [-0.1, -0.05) is 0 Å². The number of amides is 1. The van der Waals surface area contributed by atoms with Gasteiger partial charge in [0.25, 0.3) is 5.91 Å². The molecule has 0 aliphatic carbocycles. The number of rotatable bonds is 3. The normalized spacial score (nSPS) is 24.0. The number of hydrogen-bond donors (Lipinski definition) is 1. The molecule has 0 aromatic heterocycles. The van der Waals surface area contributed by atoms with Crippen LogP contribution in [0.1, 0.15) is 10.4 Å². The second kappa shape index (κ2) is 7.14. The van der Waals surface area contributed by atoms with Crippen molar-refractivity contribution < 1.29 is 32.6 Å². The third-order valence-electron chi connectivity index (χ3n) is 4.84. The number of benzene rings is 1. The number of carbonyl (C=O) groups excluding carboxylic acids is 1. The van der Waals surface area contributed by atoms with Crippen LogP contribution in [0.25, 0.3) is 0 Å². The first kappa shape index (κ1) is 18.5. The molecule has 2 fully saturated rings. The van der Waals surface area contributed by atoms with Gasteiger partial charge in [0.2, 0.25) is 0 Å². The molecule has 0 spiro atoms. The molecule has 9 heteroatoms. The molecular weight excluding hydrogens is 353 g/mol. The van der Waals surface area contributed by atoms with Crippen molar-refractivity contribution in [3.63, 3.8) is 0 Å². The summed E-state index contributed by atoms with van der Waals surface area (Å²) in [6, 6.07) is 6.60. The quantitative estimate of drug-likeness (QED) is 0.877. The number of ether oxygens (including phenoxy) is 1. The number of aliphatic carboxylic acids is 1. The summed E-state index contributed by atoms with van der Waals surface area (Å²) in [4.78, 5) is 26.7. The van der Waals surface area contributed by atoms with Crippen LogP contribution in [0.15, 0.2) is 24.3 Å². The minimum atomic E-state index is -4.65. The molecule has 26 heavy (non-hydrogen) atoms. The first-order valence-electron chi connectivity index (χ1n) is 8.29. The molecule has 1 N–H and O–H groups in total. The summed E-state index contributed by atoms with van der Waals surface area (Å²) < 4.78 is 44.4. The van der Waals surface area contributed by atoms with Gasteiger partial charge in [0.15, 0.2) is 0 Å². The van der Waals surface area contributed by atoms with Crippen molar-refractivity contribution in [2.45, 2.75) is 6.18 Å². The van der Waals surface area contributed by atoms with Crippen molar-refractivity contribution in [1.29, 1.82) is 0 Å². The first-order valence-corrected chi connectivity index (χ1v) is 8.29. The lowest BCUT2D eigenvalue weighted by atomic mass is 9.96. The van der Waals surface area contributed by atoms with Gasteiger partial charge < -0.3 is 19.6 Å². The molecule has 0 saturated carbocycles. The van der Waals surface area contributed by atoms with Crippen LogP contribution in [0.2, 0.25) is 0 Å². The number of carboxylic acids is 1. The lowest BCUT2D eigenvalue weighted by Crippen LogP contribution is -2.36. The van der Waals surface area contributed by atoms with Gasteiger partial charge in [-0.25, -0.2) is 0 Å². The van der Waals surface area contributed by atoms with Gasteiger partial charge in [0.05, 0.1) is 25.0 Å². The van der Waals surface area contributed by atoms with E-state index in [1.807, 2.05) is 0 Å². The predicted octanol–water partition coefficient (Wildman–Crippen LogP) is 1.86. The van der Waals surface area contributed by atoms with Crippen LogP contribution >= 0.6 is 0 Å². The fraction of sp³-hybridized carbons (Fsp3) is 0.529. The monoisotopic (exact) mass is 372 g/mol. The molecule has 6 nitrogen and oxygen atoms in total. The summed E-state index contributed by atoms with van der Waals surface area (Å²) in [6.07, 6.45) is -4.65. The van der Waals surface area contributed by atoms with E-state index < -0.39 is 43.0 Å². The van der Waals surface area contributed by atoms with Crippen LogP contribution in [0, 0.1) is 11.8 Å². The molecule has 1 aromatic rings. The largest absolute Gasteiger partial charge is 0.481 e. The summed E-state index contributed by atoms with van der Waals surface area (Å²) in [5, 5.41) is 9.04. The standard InChI is InChI=1S/C17H19F3N2O4/c18-17(19,20)14-10-22(9-13(14)16(24)25)15(23)11-1-3-12(4-2-11)21-5-7-26-8-6-21/h1-4,13-14H,5-10H2,(H,24,25)/t13-,14-/m1/s1. The Kier molecular flexibility index (Phi) is 5.08. The summed E-state index contributed by atoms with van der Waals surface area (Å²) in [6.45, 7) is 1.61. The van der Waals surface area contributed by atoms with Crippen molar-refractivity contribution in [2.75, 3.05) is 44.3 Å². The zero-order chi connectivity index (χ0) is 18.9. The van der Waals surface area contributed by atoms with Crippen LogP contribution in [-0.2, 0) is 9.53 Å². The Balaban J connectivity index is 1.72. The molecule has 0 radical (unpaired) electrons. The number of halogens is 3. The molecule has 1 amide bonds. The van der Waals surface area contributed by atoms with E-state index in [-0.39, 0.29) is 5.56 Å². The zero-order valence-corrected chi connectivity index (χ0v) is 13.9. The van der Waals surface area contributed by atoms with E-state index in [1.54, 1.807) is 24.3 Å². The topological polar surface area (TPSA) is 70.1 Å². The number of carbonyl (C=O) groups is 2. The van der Waals surface area contributed by atoms with Crippen molar-refractivity contribution in [2.24, 2.45) is 11.8 Å². The zero-order valence-electron chi connectivity index (χ0n) is 13.9. The molecule has 142 valence electrons. The molecule has 2 heterocycles. The first-order chi connectivity index (χ1) is 12.3. The number of anilines is 1. The Morgan fingerprint density at radius 3 is 2.19 bits per heavy atom. The van der Waals surface area contributed by atoms with E-state index in [4.69, 9.17) is 9.84 Å². The molecule has 0 bridgehead atoms. The van der Waals surface area contributed by atoms with Gasteiger partial charge in [-0.05, 0) is 24.3 Å². The maximum absolute atomic E-state index is 13.1. The summed E-state index contributed by atoms with van der Waals surface area (Å²) in [5.74, 6) is -5.80. The van der Waals surface area contributed by atoms with Gasteiger partial charge in [0.1, 0.15) is 0 Å². The highest BCUT2D eigenvalue weighted by Gasteiger charge is 2.53. The molecule has 1 aromatic carbocycles. The Labute approximate surface area is 148 Å². The number of nitrogens with zero attached hydrogens (tertiary/aromatic N) is 2. The van der Waals surface area contributed by atoms with Gasteiger partial charge in [0, 0.05) is 37.4 Å². The van der Waals surface area contributed by atoms with Crippen molar-refractivity contribution >= 4 is 17.6 Å². The van der Waals surface area contributed by atoms with Crippen molar-refractivity contribution in [1.82, 2.24) is 4.90 Å². The molecule has 0 unspecified atom stereocenters. The molecule has 2 aliphatic rings. The molecule has 2 saturated heterocycles. The number of hydrogen-bond acceptors (Lipinski definition) is 4. The SMILES string of the molecule is O=C(O)[C@@H]1CN(C(=O)c2ccc(N3CCOCC3)cc2)C[C@H]1C(F)(F)F. The van der Waals surface area contributed by atoms with Gasteiger partial charge in [-0.2, -0.15) is 13.2 Å². The fourth-order valence-electron chi connectivity index (χ4n) is 3.37. The van der Waals surface area contributed by atoms with Crippen LogP contribution in [-0.4, -0.2) is 67.5 Å². The van der Waals surface area contributed by atoms with Gasteiger partial charge in [-0.3, -0.25) is 9.59 Å². The van der Waals surface area contributed by atoms with Crippen LogP contribution in [0.5, 0.6) is 0 Å². The highest BCUT2D eigenvalue weighted by molar-refractivity contribution is 5.95. The van der Waals surface area contributed by atoms with Gasteiger partial charge in [-0.15, -0.1) is 0 Å². The molecule has 2 atom stereocenters. The molecular formula is C17H19F3N2O4. The maximum Gasteiger partial charge on any atom is 0.394 e. The van der Waals surface area contributed by atoms with Crippen LogP contribution in [0.3, 0.4) is 0 Å². The Bertz CT molecular complexity index is 672. The Hall–Kier alpha value is -2.29. The average molecular weight is 372 g/mol. The van der Waals surface area contributed by atoms with E-state index in [1.165, 1.54) is 0 Å². The Morgan fingerprint density at radius 2 is 1.69 bits per heavy atom. The maximum atomic E-state index is 13.1. The van der Waals surface area contributed by atoms with E-state index in [0.717, 1.165) is 23.7 Å². The number of carboxylic acid groups (broad SMARTS) is 1. The number of likely N-dealkylation sites (tertiary alicyclic amines) is 1. The van der Waals surface area contributed by atoms with Crippen LogP contribution < -0.4 is 4.90 Å². The molecule has 3 rings (SSSR count). The minimum Gasteiger partial charge on any atom is -0.481 e. The third-order valence-corrected chi connectivity index (χ3v) is 4.84. The highest BCUT2D eigenvalue weighted by atomic mass is 19.4. The lowest BCUT2D eigenvalue weighted by Gasteiger charge is -2.29. The minimum absolute atomic E-state index is 0.244. The van der Waals surface area contributed by atoms with Gasteiger partial charge >= 0.3 is 12.1 Å². The highest BCUT2D eigenvalue weighted by Crippen LogP contribution is 2.38. The van der Waals surface area contributed by atoms with Crippen molar-refractivity contribution in [3.8, 4) is 0 Å². The Morgan fingerprint density at radius 1 is 1.08 bits per heavy atom. The second-order valence-corrected chi connectivity index (χ2v) is 6.45. The summed E-state index contributed by atoms with van der Waals surface area (Å²) in [5.41, 5.74) is 1.15. The predicted molar refractivity (Wildman–Crippen MR) is 86.0 cm³/mol. The van der Waals surface area contributed by atoms with Crippen LogP contribution in [0.4, 0.5) is 18.9 Å². The van der Waals surface area contributed by atoms with E-state index in [0.29, 0.717) is 13.2 Å². The van der Waals surface area contributed by atoms with Crippen molar-refractivity contribution in [3.05, 3.63) is 29.8 Å². The van der Waals surface area contributed by atoms with E-state index >= 15 is 0 Å². The summed E-state index contributed by atoms with van der Waals surface area (Å²) >= 11 is 0. The summed E-state index contributed by atoms with van der Waals surface area (Å²) in [7, 11) is 0. The third kappa shape index (κ3) is 3.77. The number of morpholine rings is 1. The lowest BCUT2D eigenvalue weighted by molar-refractivity contribution is -0.187.